The molecule has 2 aliphatic rings. The fraction of sp³-hybridized carbons (Fsp3) is 0.500. The SMILES string of the molecule is O=c1c2ccc(Br)cc2nc2n1CCC1(CCCN1)CC2. The molecule has 0 radical (unpaired) electrons. The first-order valence-corrected chi connectivity index (χ1v) is 8.40. The van der Waals surface area contributed by atoms with Crippen LogP contribution < -0.4 is 10.9 Å². The molecule has 110 valence electrons. The van der Waals surface area contributed by atoms with E-state index in [4.69, 9.17) is 4.98 Å². The molecule has 1 saturated heterocycles. The minimum absolute atomic E-state index is 0.109. The topological polar surface area (TPSA) is 46.9 Å². The fourth-order valence-corrected chi connectivity index (χ4v) is 4.11. The van der Waals surface area contributed by atoms with E-state index >= 15 is 0 Å². The second kappa shape index (κ2) is 4.92. The van der Waals surface area contributed by atoms with E-state index in [9.17, 15) is 4.79 Å². The number of aromatic nitrogens is 2. The molecule has 4 nitrogen and oxygen atoms in total. The molecule has 2 aliphatic heterocycles. The van der Waals surface area contributed by atoms with E-state index in [0.29, 0.717) is 0 Å². The number of fused-ring (bicyclic) bond motifs is 2. The van der Waals surface area contributed by atoms with E-state index < -0.39 is 0 Å². The van der Waals surface area contributed by atoms with Crippen molar-refractivity contribution in [1.82, 2.24) is 14.9 Å². The zero-order valence-electron chi connectivity index (χ0n) is 11.9. The summed E-state index contributed by atoms with van der Waals surface area (Å²) in [4.78, 5) is 17.5. The number of rotatable bonds is 0. The van der Waals surface area contributed by atoms with Gasteiger partial charge in [-0.15, -0.1) is 0 Å². The summed E-state index contributed by atoms with van der Waals surface area (Å²) in [6, 6.07) is 5.72. The maximum absolute atomic E-state index is 12.7. The van der Waals surface area contributed by atoms with Crippen molar-refractivity contribution in [2.45, 2.75) is 44.2 Å². The van der Waals surface area contributed by atoms with Crippen LogP contribution in [-0.4, -0.2) is 21.6 Å². The van der Waals surface area contributed by atoms with E-state index in [-0.39, 0.29) is 11.1 Å². The van der Waals surface area contributed by atoms with Gasteiger partial charge < -0.3 is 5.32 Å². The van der Waals surface area contributed by atoms with Gasteiger partial charge in [0, 0.05) is 23.0 Å². The van der Waals surface area contributed by atoms with Gasteiger partial charge in [0.1, 0.15) is 5.82 Å². The highest BCUT2D eigenvalue weighted by Gasteiger charge is 2.35. The molecule has 1 unspecified atom stereocenters. The van der Waals surface area contributed by atoms with Crippen LogP contribution in [0.5, 0.6) is 0 Å². The summed E-state index contributed by atoms with van der Waals surface area (Å²) < 4.78 is 2.86. The highest BCUT2D eigenvalue weighted by Crippen LogP contribution is 2.31. The third-order valence-corrected chi connectivity index (χ3v) is 5.46. The Kier molecular flexibility index (Phi) is 3.15. The van der Waals surface area contributed by atoms with Crippen LogP contribution in [0.3, 0.4) is 0 Å². The molecule has 5 heteroatoms. The Balaban J connectivity index is 1.82. The molecule has 0 bridgehead atoms. The summed E-state index contributed by atoms with van der Waals surface area (Å²) in [6.45, 7) is 1.88. The third-order valence-electron chi connectivity index (χ3n) is 4.97. The highest BCUT2D eigenvalue weighted by molar-refractivity contribution is 9.10. The van der Waals surface area contributed by atoms with Gasteiger partial charge in [-0.2, -0.15) is 0 Å². The van der Waals surface area contributed by atoms with Gasteiger partial charge in [-0.3, -0.25) is 9.36 Å². The zero-order chi connectivity index (χ0) is 14.4. The molecule has 1 fully saturated rings. The van der Waals surface area contributed by atoms with Crippen LogP contribution in [0, 0.1) is 0 Å². The van der Waals surface area contributed by atoms with Crippen LogP contribution in [0.2, 0.25) is 0 Å². The first-order valence-electron chi connectivity index (χ1n) is 7.61. The van der Waals surface area contributed by atoms with E-state index in [1.165, 1.54) is 12.8 Å². The lowest BCUT2D eigenvalue weighted by molar-refractivity contribution is 0.322. The number of benzene rings is 1. The average molecular weight is 348 g/mol. The van der Waals surface area contributed by atoms with Crippen LogP contribution >= 0.6 is 15.9 Å². The standard InChI is InChI=1S/C16H18BrN3O/c17-11-2-3-12-13(10-11)19-14-4-6-16(5-1-8-18-16)7-9-20(14)15(12)21/h2-3,10,18H,1,4-9H2. The zero-order valence-corrected chi connectivity index (χ0v) is 13.4. The molecular formula is C16H18BrN3O. The molecule has 1 aromatic carbocycles. The van der Waals surface area contributed by atoms with Crippen molar-refractivity contribution in [3.05, 3.63) is 38.9 Å². The van der Waals surface area contributed by atoms with E-state index in [2.05, 4.69) is 21.2 Å². The second-order valence-corrected chi connectivity index (χ2v) is 7.12. The van der Waals surface area contributed by atoms with Gasteiger partial charge >= 0.3 is 0 Å². The molecule has 1 spiro atoms. The number of hydrogen-bond donors (Lipinski definition) is 1. The minimum atomic E-state index is 0.109. The summed E-state index contributed by atoms with van der Waals surface area (Å²) >= 11 is 3.46. The molecule has 2 aromatic rings. The number of nitrogens with zero attached hydrogens (tertiary/aromatic N) is 2. The van der Waals surface area contributed by atoms with Gasteiger partial charge in [-0.25, -0.2) is 4.98 Å². The Bertz CT molecular complexity index is 762. The Morgan fingerprint density at radius 1 is 1.29 bits per heavy atom. The fourth-order valence-electron chi connectivity index (χ4n) is 3.76. The molecule has 1 atom stereocenters. The van der Waals surface area contributed by atoms with Crippen LogP contribution in [0.25, 0.3) is 10.9 Å². The number of halogens is 1. The Morgan fingerprint density at radius 2 is 2.19 bits per heavy atom. The van der Waals surface area contributed by atoms with E-state index in [1.807, 2.05) is 22.8 Å². The quantitative estimate of drug-likeness (QED) is 0.796. The lowest BCUT2D eigenvalue weighted by Gasteiger charge is -2.27. The summed E-state index contributed by atoms with van der Waals surface area (Å²) in [5.41, 5.74) is 1.14. The van der Waals surface area contributed by atoms with Gasteiger partial charge in [0.05, 0.1) is 10.9 Å². The van der Waals surface area contributed by atoms with Gasteiger partial charge in [0.15, 0.2) is 0 Å². The smallest absolute Gasteiger partial charge is 0.261 e. The Morgan fingerprint density at radius 3 is 3.00 bits per heavy atom. The molecule has 0 aliphatic carbocycles. The predicted octanol–water partition coefficient (Wildman–Crippen LogP) is 2.62. The molecule has 3 heterocycles. The molecule has 1 N–H and O–H groups in total. The van der Waals surface area contributed by atoms with Crippen LogP contribution in [0.4, 0.5) is 0 Å². The molecule has 0 saturated carbocycles. The van der Waals surface area contributed by atoms with Gasteiger partial charge in [-0.1, -0.05) is 15.9 Å². The van der Waals surface area contributed by atoms with Crippen LogP contribution in [0.15, 0.2) is 27.5 Å². The maximum Gasteiger partial charge on any atom is 0.261 e. The van der Waals surface area contributed by atoms with Crippen LogP contribution in [0.1, 0.15) is 31.5 Å². The summed E-state index contributed by atoms with van der Waals surface area (Å²) in [5.74, 6) is 0.941. The Hall–Kier alpha value is -1.20. The second-order valence-electron chi connectivity index (χ2n) is 6.21. The Labute approximate surface area is 131 Å². The third kappa shape index (κ3) is 2.23. The van der Waals surface area contributed by atoms with Crippen molar-refractivity contribution >= 4 is 26.8 Å². The molecule has 0 amide bonds. The molecule has 1 aromatic heterocycles. The van der Waals surface area contributed by atoms with Gasteiger partial charge in [0.2, 0.25) is 0 Å². The number of hydrogen-bond acceptors (Lipinski definition) is 3. The normalized spacial score (nSPS) is 25.2. The van der Waals surface area contributed by atoms with Crippen molar-refractivity contribution in [3.8, 4) is 0 Å². The average Bonchev–Trinajstić information content (AvgIpc) is 2.85. The monoisotopic (exact) mass is 347 g/mol. The van der Waals surface area contributed by atoms with Crippen molar-refractivity contribution in [2.24, 2.45) is 0 Å². The lowest BCUT2D eigenvalue weighted by atomic mass is 9.89. The number of aryl methyl sites for hydroxylation is 1. The van der Waals surface area contributed by atoms with E-state index in [1.54, 1.807) is 0 Å². The van der Waals surface area contributed by atoms with Crippen LogP contribution in [-0.2, 0) is 13.0 Å². The maximum atomic E-state index is 12.7. The van der Waals surface area contributed by atoms with E-state index in [0.717, 1.165) is 53.6 Å². The van der Waals surface area contributed by atoms with Crippen molar-refractivity contribution in [1.29, 1.82) is 0 Å². The molecule has 21 heavy (non-hydrogen) atoms. The van der Waals surface area contributed by atoms with Gasteiger partial charge in [-0.05, 0) is 50.4 Å². The van der Waals surface area contributed by atoms with Crippen molar-refractivity contribution in [3.63, 3.8) is 0 Å². The van der Waals surface area contributed by atoms with Crippen molar-refractivity contribution in [2.75, 3.05) is 6.54 Å². The van der Waals surface area contributed by atoms with Crippen molar-refractivity contribution < 1.29 is 0 Å². The lowest BCUT2D eigenvalue weighted by Crippen LogP contribution is -2.40. The minimum Gasteiger partial charge on any atom is -0.311 e. The first-order chi connectivity index (χ1) is 10.2. The summed E-state index contributed by atoms with van der Waals surface area (Å²) in [5, 5.41) is 4.39. The summed E-state index contributed by atoms with van der Waals surface area (Å²) in [6.07, 6.45) is 5.46. The highest BCUT2D eigenvalue weighted by atomic mass is 79.9. The predicted molar refractivity (Wildman–Crippen MR) is 86.6 cm³/mol. The first kappa shape index (κ1) is 13.5. The molecular weight excluding hydrogens is 330 g/mol. The largest absolute Gasteiger partial charge is 0.311 e. The van der Waals surface area contributed by atoms with Gasteiger partial charge in [0.25, 0.3) is 5.56 Å². The molecule has 4 rings (SSSR count). The summed E-state index contributed by atoms with van der Waals surface area (Å²) in [7, 11) is 0. The number of nitrogens with one attached hydrogen (secondary N) is 1.